The fraction of sp³-hybridized carbons (Fsp3) is 0.556. The van der Waals surface area contributed by atoms with E-state index in [4.69, 9.17) is 0 Å². The van der Waals surface area contributed by atoms with E-state index in [9.17, 15) is 14.7 Å². The molecule has 0 bridgehead atoms. The van der Waals surface area contributed by atoms with Gasteiger partial charge in [0.25, 0.3) is 0 Å². The number of rotatable bonds is 8. The maximum absolute atomic E-state index is 11.9. The monoisotopic (exact) mass is 303 g/mol. The maximum atomic E-state index is 11.9. The molecule has 0 heterocycles. The summed E-state index contributed by atoms with van der Waals surface area (Å²) in [7, 11) is 0. The van der Waals surface area contributed by atoms with E-state index in [2.05, 4.69) is 5.32 Å². The van der Waals surface area contributed by atoms with Crippen molar-refractivity contribution in [2.45, 2.75) is 57.4 Å². The molecule has 0 saturated heterocycles. The topological polar surface area (TPSA) is 66.4 Å². The Kier molecular flexibility index (Phi) is 6.44. The largest absolute Gasteiger partial charge is 0.480 e. The number of carboxylic acids is 1. The van der Waals surface area contributed by atoms with Crippen LogP contribution >= 0.6 is 0 Å². The lowest BCUT2D eigenvalue weighted by Gasteiger charge is -2.15. The van der Waals surface area contributed by atoms with E-state index in [0.717, 1.165) is 24.3 Å². The number of aliphatic carboxylic acids is 1. The van der Waals surface area contributed by atoms with E-state index in [0.29, 0.717) is 12.8 Å². The Labute approximate surface area is 131 Å². The molecule has 1 atom stereocenters. The first-order chi connectivity index (χ1) is 10.6. The van der Waals surface area contributed by atoms with Gasteiger partial charge in [0.1, 0.15) is 6.04 Å². The van der Waals surface area contributed by atoms with E-state index in [1.807, 2.05) is 30.3 Å². The summed E-state index contributed by atoms with van der Waals surface area (Å²) in [6, 6.07) is 8.54. The zero-order chi connectivity index (χ0) is 15.8. The lowest BCUT2D eigenvalue weighted by atomic mass is 10.0. The van der Waals surface area contributed by atoms with Crippen LogP contribution in [0.1, 0.15) is 50.5 Å². The molecule has 2 rings (SSSR count). The molecule has 4 nitrogen and oxygen atoms in total. The van der Waals surface area contributed by atoms with Crippen LogP contribution in [0.4, 0.5) is 0 Å². The number of hydrogen-bond acceptors (Lipinski definition) is 2. The van der Waals surface area contributed by atoms with Gasteiger partial charge in [0.2, 0.25) is 5.91 Å². The predicted molar refractivity (Wildman–Crippen MR) is 85.5 cm³/mol. The highest BCUT2D eigenvalue weighted by atomic mass is 16.4. The van der Waals surface area contributed by atoms with Gasteiger partial charge in [-0.15, -0.1) is 0 Å². The normalized spacial score (nSPS) is 16.4. The summed E-state index contributed by atoms with van der Waals surface area (Å²) in [5.74, 6) is -0.360. The van der Waals surface area contributed by atoms with E-state index in [1.54, 1.807) is 0 Å². The molecular weight excluding hydrogens is 278 g/mol. The second-order valence-electron chi connectivity index (χ2n) is 6.19. The molecule has 0 unspecified atom stereocenters. The third kappa shape index (κ3) is 5.51. The molecular formula is C18H25NO3. The van der Waals surface area contributed by atoms with Crippen LogP contribution in [-0.2, 0) is 16.0 Å². The van der Waals surface area contributed by atoms with Gasteiger partial charge < -0.3 is 10.4 Å². The van der Waals surface area contributed by atoms with Crippen LogP contribution in [0.15, 0.2) is 30.3 Å². The number of carboxylic acid groups (broad SMARTS) is 1. The lowest BCUT2D eigenvalue weighted by Crippen LogP contribution is -2.42. The highest BCUT2D eigenvalue weighted by Gasteiger charge is 2.20. The molecule has 0 aromatic heterocycles. The fourth-order valence-corrected chi connectivity index (χ4v) is 3.17. The van der Waals surface area contributed by atoms with Crippen molar-refractivity contribution in [1.29, 1.82) is 0 Å². The zero-order valence-corrected chi connectivity index (χ0v) is 13.0. The van der Waals surface area contributed by atoms with Crippen LogP contribution in [0.25, 0.3) is 0 Å². The quantitative estimate of drug-likeness (QED) is 0.775. The van der Waals surface area contributed by atoms with Gasteiger partial charge in [-0.3, -0.25) is 4.79 Å². The van der Waals surface area contributed by atoms with Crippen molar-refractivity contribution in [1.82, 2.24) is 5.32 Å². The minimum Gasteiger partial charge on any atom is -0.480 e. The van der Waals surface area contributed by atoms with Crippen molar-refractivity contribution in [2.75, 3.05) is 0 Å². The van der Waals surface area contributed by atoms with Gasteiger partial charge >= 0.3 is 5.97 Å². The molecule has 22 heavy (non-hydrogen) atoms. The Bertz CT molecular complexity index is 480. The van der Waals surface area contributed by atoms with Crippen molar-refractivity contribution in [2.24, 2.45) is 5.92 Å². The molecule has 1 fully saturated rings. The number of carbonyl (C=O) groups excluding carboxylic acids is 1. The number of hydrogen-bond donors (Lipinski definition) is 2. The summed E-state index contributed by atoms with van der Waals surface area (Å²) in [5, 5.41) is 11.9. The molecule has 1 amide bonds. The molecule has 4 heteroatoms. The Morgan fingerprint density at radius 1 is 1.18 bits per heavy atom. The third-order valence-corrected chi connectivity index (χ3v) is 4.41. The van der Waals surface area contributed by atoms with Crippen LogP contribution in [0.2, 0.25) is 0 Å². The summed E-state index contributed by atoms with van der Waals surface area (Å²) in [6.07, 6.45) is 7.89. The first-order valence-electron chi connectivity index (χ1n) is 8.21. The molecule has 2 N–H and O–H groups in total. The number of nitrogens with one attached hydrogen (secondary N) is 1. The number of amides is 1. The lowest BCUT2D eigenvalue weighted by molar-refractivity contribution is -0.141. The average Bonchev–Trinajstić information content (AvgIpc) is 3.01. The van der Waals surface area contributed by atoms with Crippen LogP contribution in [0.5, 0.6) is 0 Å². The predicted octanol–water partition coefficient (Wildman–Crippen LogP) is 3.16. The first kappa shape index (κ1) is 16.5. The fourth-order valence-electron chi connectivity index (χ4n) is 3.17. The van der Waals surface area contributed by atoms with Crippen molar-refractivity contribution >= 4 is 11.9 Å². The number of benzene rings is 1. The van der Waals surface area contributed by atoms with Gasteiger partial charge in [0, 0.05) is 12.8 Å². The maximum Gasteiger partial charge on any atom is 0.326 e. The van der Waals surface area contributed by atoms with Crippen LogP contribution in [0.3, 0.4) is 0 Å². The van der Waals surface area contributed by atoms with E-state index in [1.165, 1.54) is 25.7 Å². The number of carbonyl (C=O) groups is 2. The molecule has 1 saturated carbocycles. The van der Waals surface area contributed by atoms with Gasteiger partial charge in [-0.25, -0.2) is 4.79 Å². The molecule has 120 valence electrons. The van der Waals surface area contributed by atoms with Crippen molar-refractivity contribution in [3.05, 3.63) is 35.9 Å². The van der Waals surface area contributed by atoms with Gasteiger partial charge in [-0.1, -0.05) is 56.0 Å². The Balaban J connectivity index is 1.74. The van der Waals surface area contributed by atoms with Gasteiger partial charge in [-0.05, 0) is 24.3 Å². The van der Waals surface area contributed by atoms with Crippen LogP contribution < -0.4 is 5.32 Å². The molecule has 0 radical (unpaired) electrons. The summed E-state index contributed by atoms with van der Waals surface area (Å²) in [5.41, 5.74) is 0.918. The van der Waals surface area contributed by atoms with Gasteiger partial charge in [-0.2, -0.15) is 0 Å². The van der Waals surface area contributed by atoms with Crippen molar-refractivity contribution < 1.29 is 14.7 Å². The van der Waals surface area contributed by atoms with E-state index in [-0.39, 0.29) is 5.91 Å². The average molecular weight is 303 g/mol. The minimum atomic E-state index is -0.979. The highest BCUT2D eigenvalue weighted by molar-refractivity contribution is 5.83. The second kappa shape index (κ2) is 8.57. The molecule has 1 aromatic rings. The molecule has 1 aromatic carbocycles. The minimum absolute atomic E-state index is 0.152. The molecule has 1 aliphatic carbocycles. The summed E-state index contributed by atoms with van der Waals surface area (Å²) in [4.78, 5) is 23.3. The SMILES string of the molecule is O=C(CCCC1CCCC1)N[C@@H](Cc1ccccc1)C(=O)O. The Morgan fingerprint density at radius 2 is 1.86 bits per heavy atom. The van der Waals surface area contributed by atoms with Crippen molar-refractivity contribution in [3.63, 3.8) is 0 Å². The van der Waals surface area contributed by atoms with Gasteiger partial charge in [0.05, 0.1) is 0 Å². The standard InChI is InChI=1S/C18H25NO3/c20-17(12-6-11-14-7-4-5-8-14)19-16(18(21)22)13-15-9-2-1-3-10-15/h1-3,9-10,14,16H,4-8,11-13H2,(H,19,20)(H,21,22)/t16-/m0/s1. The highest BCUT2D eigenvalue weighted by Crippen LogP contribution is 2.28. The smallest absolute Gasteiger partial charge is 0.326 e. The molecule has 0 spiro atoms. The second-order valence-corrected chi connectivity index (χ2v) is 6.19. The summed E-state index contributed by atoms with van der Waals surface area (Å²) in [6.45, 7) is 0. The van der Waals surface area contributed by atoms with Crippen LogP contribution in [-0.4, -0.2) is 23.0 Å². The first-order valence-corrected chi connectivity index (χ1v) is 8.21. The Hall–Kier alpha value is -1.84. The Morgan fingerprint density at radius 3 is 2.50 bits per heavy atom. The van der Waals surface area contributed by atoms with Crippen molar-refractivity contribution in [3.8, 4) is 0 Å². The molecule has 1 aliphatic rings. The van der Waals surface area contributed by atoms with E-state index >= 15 is 0 Å². The summed E-state index contributed by atoms with van der Waals surface area (Å²) >= 11 is 0. The van der Waals surface area contributed by atoms with Gasteiger partial charge in [0.15, 0.2) is 0 Å². The third-order valence-electron chi connectivity index (χ3n) is 4.41. The van der Waals surface area contributed by atoms with E-state index < -0.39 is 12.0 Å². The molecule has 0 aliphatic heterocycles. The summed E-state index contributed by atoms with van der Waals surface area (Å²) < 4.78 is 0. The van der Waals surface area contributed by atoms with Crippen LogP contribution in [0, 0.1) is 5.92 Å². The zero-order valence-electron chi connectivity index (χ0n) is 13.0.